The zero-order valence-electron chi connectivity index (χ0n) is 11.1. The fourth-order valence-electron chi connectivity index (χ4n) is 2.23. The SMILES string of the molecule is COc1cccc2cc[n+](-c3ccc(C#N)cc3)cc12. The van der Waals surface area contributed by atoms with Crippen LogP contribution in [0.4, 0.5) is 0 Å². The number of ether oxygens (including phenoxy) is 1. The van der Waals surface area contributed by atoms with E-state index in [9.17, 15) is 0 Å². The summed E-state index contributed by atoms with van der Waals surface area (Å²) in [6, 6.07) is 17.7. The molecule has 20 heavy (non-hydrogen) atoms. The fourth-order valence-corrected chi connectivity index (χ4v) is 2.23. The Hall–Kier alpha value is -2.86. The van der Waals surface area contributed by atoms with E-state index in [2.05, 4.69) is 18.2 Å². The van der Waals surface area contributed by atoms with Crippen LogP contribution in [-0.2, 0) is 0 Å². The molecule has 96 valence electrons. The van der Waals surface area contributed by atoms with Crippen LogP contribution in [0.15, 0.2) is 60.9 Å². The Balaban J connectivity index is 2.14. The van der Waals surface area contributed by atoms with Crippen molar-refractivity contribution in [3.05, 3.63) is 66.5 Å². The standard InChI is InChI=1S/C17H13N2O/c1-20-17-4-2-3-14-9-10-19(12-16(14)17)15-7-5-13(11-18)6-8-15/h2-10,12H,1H3/q+1. The lowest BCUT2D eigenvalue weighted by Gasteiger charge is -2.04. The third-order valence-electron chi connectivity index (χ3n) is 3.30. The third kappa shape index (κ3) is 2.08. The Morgan fingerprint density at radius 1 is 1.05 bits per heavy atom. The fraction of sp³-hybridized carbons (Fsp3) is 0.0588. The Morgan fingerprint density at radius 3 is 2.55 bits per heavy atom. The van der Waals surface area contributed by atoms with Gasteiger partial charge in [0.25, 0.3) is 0 Å². The Bertz CT molecular complexity index is 801. The molecule has 0 aliphatic heterocycles. The molecular formula is C17H13N2O+. The van der Waals surface area contributed by atoms with E-state index in [1.807, 2.05) is 53.4 Å². The molecule has 3 rings (SSSR count). The maximum absolute atomic E-state index is 8.84. The van der Waals surface area contributed by atoms with Crippen LogP contribution in [0.5, 0.6) is 5.75 Å². The van der Waals surface area contributed by atoms with Crippen molar-refractivity contribution in [3.63, 3.8) is 0 Å². The van der Waals surface area contributed by atoms with Gasteiger partial charge in [0.1, 0.15) is 5.75 Å². The van der Waals surface area contributed by atoms with Gasteiger partial charge < -0.3 is 4.74 Å². The van der Waals surface area contributed by atoms with E-state index < -0.39 is 0 Å². The number of nitriles is 1. The van der Waals surface area contributed by atoms with E-state index >= 15 is 0 Å². The number of hydrogen-bond donors (Lipinski definition) is 0. The zero-order chi connectivity index (χ0) is 13.9. The van der Waals surface area contributed by atoms with Crippen molar-refractivity contribution in [2.24, 2.45) is 0 Å². The summed E-state index contributed by atoms with van der Waals surface area (Å²) < 4.78 is 7.42. The lowest BCUT2D eigenvalue weighted by molar-refractivity contribution is -0.594. The van der Waals surface area contributed by atoms with Gasteiger partial charge in [-0.15, -0.1) is 0 Å². The minimum atomic E-state index is 0.660. The van der Waals surface area contributed by atoms with Gasteiger partial charge in [-0.1, -0.05) is 12.1 Å². The van der Waals surface area contributed by atoms with Gasteiger partial charge in [-0.05, 0) is 23.6 Å². The number of fused-ring (bicyclic) bond motifs is 1. The largest absolute Gasteiger partial charge is 0.496 e. The van der Waals surface area contributed by atoms with Gasteiger partial charge in [0, 0.05) is 18.2 Å². The molecule has 2 aromatic carbocycles. The maximum Gasteiger partial charge on any atom is 0.210 e. The van der Waals surface area contributed by atoms with Crippen LogP contribution in [-0.4, -0.2) is 7.11 Å². The summed E-state index contributed by atoms with van der Waals surface area (Å²) in [5.74, 6) is 0.852. The van der Waals surface area contributed by atoms with Crippen LogP contribution >= 0.6 is 0 Å². The molecule has 0 radical (unpaired) electrons. The summed E-state index contributed by atoms with van der Waals surface area (Å²) >= 11 is 0. The van der Waals surface area contributed by atoms with Crippen LogP contribution in [0.1, 0.15) is 5.56 Å². The smallest absolute Gasteiger partial charge is 0.210 e. The average molecular weight is 261 g/mol. The van der Waals surface area contributed by atoms with Gasteiger partial charge >= 0.3 is 0 Å². The highest BCUT2D eigenvalue weighted by molar-refractivity contribution is 5.86. The normalized spacial score (nSPS) is 10.2. The summed E-state index contributed by atoms with van der Waals surface area (Å²) in [5, 5.41) is 11.0. The van der Waals surface area contributed by atoms with Crippen molar-refractivity contribution in [1.82, 2.24) is 0 Å². The molecule has 3 heteroatoms. The number of rotatable bonds is 2. The van der Waals surface area contributed by atoms with E-state index in [1.165, 1.54) is 0 Å². The first kappa shape index (κ1) is 12.2. The second-order valence-electron chi connectivity index (χ2n) is 4.47. The molecule has 0 saturated carbocycles. The molecular weight excluding hydrogens is 248 g/mol. The monoisotopic (exact) mass is 261 g/mol. The van der Waals surface area contributed by atoms with Crippen LogP contribution < -0.4 is 9.30 Å². The van der Waals surface area contributed by atoms with Crippen molar-refractivity contribution < 1.29 is 9.30 Å². The molecule has 0 bridgehead atoms. The quantitative estimate of drug-likeness (QED) is 0.665. The molecule has 3 nitrogen and oxygen atoms in total. The molecule has 0 fully saturated rings. The van der Waals surface area contributed by atoms with Crippen LogP contribution in [0.2, 0.25) is 0 Å². The first-order chi connectivity index (χ1) is 9.81. The molecule has 3 aromatic rings. The maximum atomic E-state index is 8.84. The number of pyridine rings is 1. The molecule has 0 aliphatic carbocycles. The summed E-state index contributed by atoms with van der Waals surface area (Å²) in [6.07, 6.45) is 4.04. The summed E-state index contributed by atoms with van der Waals surface area (Å²) in [4.78, 5) is 0. The lowest BCUT2D eigenvalue weighted by atomic mass is 10.1. The minimum absolute atomic E-state index is 0.660. The third-order valence-corrected chi connectivity index (χ3v) is 3.30. The molecule has 0 amide bonds. The number of hydrogen-bond acceptors (Lipinski definition) is 2. The Morgan fingerprint density at radius 2 is 1.85 bits per heavy atom. The van der Waals surface area contributed by atoms with Crippen molar-refractivity contribution in [2.45, 2.75) is 0 Å². The van der Waals surface area contributed by atoms with E-state index in [4.69, 9.17) is 10.00 Å². The van der Waals surface area contributed by atoms with Crippen LogP contribution in [0.25, 0.3) is 16.5 Å². The van der Waals surface area contributed by atoms with Crippen molar-refractivity contribution in [3.8, 4) is 17.5 Å². The first-order valence-electron chi connectivity index (χ1n) is 6.30. The van der Waals surface area contributed by atoms with Gasteiger partial charge in [-0.25, -0.2) is 0 Å². The Labute approximate surface area is 117 Å². The average Bonchev–Trinajstić information content (AvgIpc) is 2.54. The van der Waals surface area contributed by atoms with Gasteiger partial charge in [0.15, 0.2) is 12.4 Å². The van der Waals surface area contributed by atoms with Crippen molar-refractivity contribution in [2.75, 3.05) is 7.11 Å². The van der Waals surface area contributed by atoms with E-state index in [0.717, 1.165) is 22.2 Å². The molecule has 0 spiro atoms. The molecule has 1 aromatic heterocycles. The predicted octanol–water partition coefficient (Wildman–Crippen LogP) is 3.00. The van der Waals surface area contributed by atoms with E-state index in [-0.39, 0.29) is 0 Å². The van der Waals surface area contributed by atoms with Crippen LogP contribution in [0.3, 0.4) is 0 Å². The zero-order valence-corrected chi connectivity index (χ0v) is 11.1. The second kappa shape index (κ2) is 5.02. The van der Waals surface area contributed by atoms with Gasteiger partial charge in [-0.3, -0.25) is 0 Å². The highest BCUT2D eigenvalue weighted by Gasteiger charge is 2.10. The molecule has 0 saturated heterocycles. The predicted molar refractivity (Wildman–Crippen MR) is 76.7 cm³/mol. The highest BCUT2D eigenvalue weighted by atomic mass is 16.5. The number of nitrogens with zero attached hydrogens (tertiary/aromatic N) is 2. The minimum Gasteiger partial charge on any atom is -0.496 e. The molecule has 0 aliphatic rings. The van der Waals surface area contributed by atoms with E-state index in [0.29, 0.717) is 5.56 Å². The highest BCUT2D eigenvalue weighted by Crippen LogP contribution is 2.23. The van der Waals surface area contributed by atoms with E-state index in [1.54, 1.807) is 7.11 Å². The van der Waals surface area contributed by atoms with Gasteiger partial charge in [0.2, 0.25) is 5.69 Å². The van der Waals surface area contributed by atoms with Crippen molar-refractivity contribution >= 4 is 10.8 Å². The topological polar surface area (TPSA) is 36.9 Å². The lowest BCUT2D eigenvalue weighted by Crippen LogP contribution is -2.29. The van der Waals surface area contributed by atoms with Gasteiger partial charge in [-0.2, -0.15) is 9.83 Å². The molecule has 0 N–H and O–H groups in total. The summed E-state index contributed by atoms with van der Waals surface area (Å²) in [7, 11) is 1.67. The number of benzene rings is 2. The van der Waals surface area contributed by atoms with Crippen LogP contribution in [0, 0.1) is 11.3 Å². The summed E-state index contributed by atoms with van der Waals surface area (Å²) in [6.45, 7) is 0. The Kier molecular flexibility index (Phi) is 3.06. The molecule has 0 unspecified atom stereocenters. The first-order valence-corrected chi connectivity index (χ1v) is 6.30. The second-order valence-corrected chi connectivity index (χ2v) is 4.47. The number of methoxy groups -OCH3 is 1. The van der Waals surface area contributed by atoms with Gasteiger partial charge in [0.05, 0.1) is 24.1 Å². The molecule has 0 atom stereocenters. The number of aromatic nitrogens is 1. The molecule has 1 heterocycles. The van der Waals surface area contributed by atoms with Crippen molar-refractivity contribution in [1.29, 1.82) is 5.26 Å². The summed E-state index contributed by atoms with van der Waals surface area (Å²) in [5.41, 5.74) is 1.67.